The second-order valence-electron chi connectivity index (χ2n) is 6.12. The maximum Gasteiger partial charge on any atom is 0.129 e. The summed E-state index contributed by atoms with van der Waals surface area (Å²) in [6.07, 6.45) is 4.77. The summed E-state index contributed by atoms with van der Waals surface area (Å²) in [6.45, 7) is 0. The number of aliphatic hydroxyl groups excluding tert-OH is 1. The van der Waals surface area contributed by atoms with E-state index in [-0.39, 0.29) is 6.10 Å². The third-order valence-electron chi connectivity index (χ3n) is 4.78. The first-order chi connectivity index (χ1) is 10.3. The molecule has 0 amide bonds. The van der Waals surface area contributed by atoms with Crippen LogP contribution in [0.15, 0.2) is 42.5 Å². The van der Waals surface area contributed by atoms with E-state index in [1.54, 1.807) is 0 Å². The van der Waals surface area contributed by atoms with Crippen molar-refractivity contribution in [3.05, 3.63) is 64.7 Å². The fourth-order valence-electron chi connectivity index (χ4n) is 3.63. The van der Waals surface area contributed by atoms with Gasteiger partial charge in [-0.2, -0.15) is 0 Å². The molecule has 0 aromatic heterocycles. The predicted octanol–water partition coefficient (Wildman–Crippen LogP) is 3.60. The highest BCUT2D eigenvalue weighted by atomic mass is 16.5. The minimum absolute atomic E-state index is 0.139. The lowest BCUT2D eigenvalue weighted by atomic mass is 9.87. The number of aryl methyl sites for hydroxylation is 3. The zero-order valence-electron chi connectivity index (χ0n) is 12.1. The van der Waals surface area contributed by atoms with Crippen LogP contribution in [-0.2, 0) is 19.3 Å². The highest BCUT2D eigenvalue weighted by Crippen LogP contribution is 2.34. The number of fused-ring (bicyclic) bond motifs is 2. The Labute approximate surface area is 125 Å². The lowest BCUT2D eigenvalue weighted by molar-refractivity contribution is 0.0230. The summed E-state index contributed by atoms with van der Waals surface area (Å²) in [5, 5.41) is 10.6. The molecule has 2 aromatic rings. The number of hydrogen-bond donors (Lipinski definition) is 1. The van der Waals surface area contributed by atoms with Crippen molar-refractivity contribution in [2.24, 2.45) is 0 Å². The monoisotopic (exact) mass is 280 g/mol. The highest BCUT2D eigenvalue weighted by molar-refractivity contribution is 5.39. The minimum Gasteiger partial charge on any atom is -0.487 e. The van der Waals surface area contributed by atoms with Crippen molar-refractivity contribution in [1.29, 1.82) is 0 Å². The molecule has 0 saturated carbocycles. The average Bonchev–Trinajstić information content (AvgIpc) is 2.98. The molecule has 0 spiro atoms. The summed E-state index contributed by atoms with van der Waals surface area (Å²) >= 11 is 0. The Morgan fingerprint density at radius 1 is 0.905 bits per heavy atom. The molecule has 0 radical (unpaired) electrons. The van der Waals surface area contributed by atoms with E-state index in [0.717, 1.165) is 30.6 Å². The molecule has 1 N–H and O–H groups in total. The van der Waals surface area contributed by atoms with Crippen LogP contribution < -0.4 is 4.74 Å². The van der Waals surface area contributed by atoms with Crippen LogP contribution in [0.25, 0.3) is 0 Å². The number of benzene rings is 2. The quantitative estimate of drug-likeness (QED) is 0.910. The van der Waals surface area contributed by atoms with Gasteiger partial charge in [0.25, 0.3) is 0 Å². The molecule has 2 heteroatoms. The van der Waals surface area contributed by atoms with E-state index in [9.17, 15) is 5.11 Å². The van der Waals surface area contributed by atoms with Crippen LogP contribution in [0.4, 0.5) is 0 Å². The first-order valence-corrected chi connectivity index (χ1v) is 7.85. The molecule has 4 rings (SSSR count). The van der Waals surface area contributed by atoms with Crippen molar-refractivity contribution >= 4 is 0 Å². The molecule has 21 heavy (non-hydrogen) atoms. The van der Waals surface area contributed by atoms with Crippen LogP contribution in [0.1, 0.15) is 41.2 Å². The van der Waals surface area contributed by atoms with Gasteiger partial charge in [-0.1, -0.05) is 30.3 Å². The van der Waals surface area contributed by atoms with E-state index >= 15 is 0 Å². The Hall–Kier alpha value is -1.80. The van der Waals surface area contributed by atoms with Crippen molar-refractivity contribution in [2.75, 3.05) is 0 Å². The number of aliphatic hydroxyl groups is 1. The standard InChI is InChI=1S/C19H20O2/c20-19-17-7-2-1-4-14(17)9-11-18(19)21-16-10-8-13-5-3-6-15(13)12-16/h1-2,4,7-8,10,12,18-20H,3,5-6,9,11H2. The number of hydrogen-bond acceptors (Lipinski definition) is 2. The van der Waals surface area contributed by atoms with Crippen LogP contribution in [0.2, 0.25) is 0 Å². The highest BCUT2D eigenvalue weighted by Gasteiger charge is 2.29. The van der Waals surface area contributed by atoms with E-state index in [4.69, 9.17) is 4.74 Å². The molecule has 2 aromatic carbocycles. The van der Waals surface area contributed by atoms with Gasteiger partial charge in [-0.3, -0.25) is 0 Å². The van der Waals surface area contributed by atoms with Gasteiger partial charge in [0.1, 0.15) is 18.0 Å². The fourth-order valence-corrected chi connectivity index (χ4v) is 3.63. The van der Waals surface area contributed by atoms with Crippen molar-refractivity contribution in [1.82, 2.24) is 0 Å². The first-order valence-electron chi connectivity index (χ1n) is 7.85. The molecule has 0 fully saturated rings. The Morgan fingerprint density at radius 3 is 2.71 bits per heavy atom. The van der Waals surface area contributed by atoms with Crippen LogP contribution >= 0.6 is 0 Å². The van der Waals surface area contributed by atoms with Gasteiger partial charge in [0.15, 0.2) is 0 Å². The maximum absolute atomic E-state index is 10.6. The first kappa shape index (κ1) is 12.9. The molecule has 2 unspecified atom stereocenters. The topological polar surface area (TPSA) is 29.5 Å². The van der Waals surface area contributed by atoms with E-state index in [2.05, 4.69) is 24.3 Å². The Kier molecular flexibility index (Phi) is 3.19. The van der Waals surface area contributed by atoms with E-state index in [1.165, 1.54) is 29.5 Å². The van der Waals surface area contributed by atoms with Crippen LogP contribution in [0, 0.1) is 0 Å². The Balaban J connectivity index is 1.56. The molecule has 108 valence electrons. The Bertz CT molecular complexity index is 662. The Morgan fingerprint density at radius 2 is 1.76 bits per heavy atom. The van der Waals surface area contributed by atoms with Crippen molar-refractivity contribution in [2.45, 2.75) is 44.3 Å². The van der Waals surface area contributed by atoms with Gasteiger partial charge in [0, 0.05) is 0 Å². The molecule has 0 bridgehead atoms. The molecule has 2 aliphatic rings. The largest absolute Gasteiger partial charge is 0.487 e. The van der Waals surface area contributed by atoms with Crippen molar-refractivity contribution in [3.63, 3.8) is 0 Å². The van der Waals surface area contributed by atoms with Crippen molar-refractivity contribution < 1.29 is 9.84 Å². The number of ether oxygens (including phenoxy) is 1. The molecular formula is C19H20O2. The third kappa shape index (κ3) is 2.34. The molecule has 2 atom stereocenters. The summed E-state index contributed by atoms with van der Waals surface area (Å²) in [5.41, 5.74) is 5.14. The van der Waals surface area contributed by atoms with E-state index in [1.807, 2.05) is 18.2 Å². The summed E-state index contributed by atoms with van der Waals surface area (Å²) < 4.78 is 6.10. The third-order valence-corrected chi connectivity index (χ3v) is 4.78. The van der Waals surface area contributed by atoms with E-state index in [0.29, 0.717) is 0 Å². The number of rotatable bonds is 2. The summed E-state index contributed by atoms with van der Waals surface area (Å²) in [6, 6.07) is 14.5. The maximum atomic E-state index is 10.6. The van der Waals surface area contributed by atoms with Gasteiger partial charge in [0.2, 0.25) is 0 Å². The molecule has 0 aliphatic heterocycles. The molecule has 2 aliphatic carbocycles. The summed E-state index contributed by atoms with van der Waals surface area (Å²) in [4.78, 5) is 0. The van der Waals surface area contributed by atoms with Gasteiger partial charge >= 0.3 is 0 Å². The second kappa shape index (κ2) is 5.19. The summed E-state index contributed by atoms with van der Waals surface area (Å²) in [7, 11) is 0. The lowest BCUT2D eigenvalue weighted by Gasteiger charge is -2.30. The van der Waals surface area contributed by atoms with Crippen LogP contribution in [0.3, 0.4) is 0 Å². The lowest BCUT2D eigenvalue weighted by Crippen LogP contribution is -2.30. The zero-order valence-corrected chi connectivity index (χ0v) is 12.1. The van der Waals surface area contributed by atoms with Crippen LogP contribution in [-0.4, -0.2) is 11.2 Å². The normalized spacial score (nSPS) is 23.5. The predicted molar refractivity (Wildman–Crippen MR) is 82.6 cm³/mol. The van der Waals surface area contributed by atoms with Gasteiger partial charge in [0.05, 0.1) is 0 Å². The smallest absolute Gasteiger partial charge is 0.129 e. The van der Waals surface area contributed by atoms with Gasteiger partial charge in [-0.15, -0.1) is 0 Å². The molecule has 0 heterocycles. The van der Waals surface area contributed by atoms with Gasteiger partial charge in [-0.05, 0) is 66.5 Å². The van der Waals surface area contributed by atoms with Gasteiger partial charge in [-0.25, -0.2) is 0 Å². The van der Waals surface area contributed by atoms with Crippen molar-refractivity contribution in [3.8, 4) is 5.75 Å². The SMILES string of the molecule is OC1c2ccccc2CCC1Oc1ccc2c(c1)CCC2. The fraction of sp³-hybridized carbons (Fsp3) is 0.368. The molecule has 0 saturated heterocycles. The molecular weight excluding hydrogens is 260 g/mol. The zero-order chi connectivity index (χ0) is 14.2. The van der Waals surface area contributed by atoms with E-state index < -0.39 is 6.10 Å². The van der Waals surface area contributed by atoms with Crippen LogP contribution in [0.5, 0.6) is 5.75 Å². The van der Waals surface area contributed by atoms with Gasteiger partial charge < -0.3 is 9.84 Å². The second-order valence-corrected chi connectivity index (χ2v) is 6.12. The minimum atomic E-state index is -0.525. The molecule has 2 nitrogen and oxygen atoms in total. The average molecular weight is 280 g/mol. The summed E-state index contributed by atoms with van der Waals surface area (Å²) in [5.74, 6) is 0.902.